The summed E-state index contributed by atoms with van der Waals surface area (Å²) in [7, 11) is -3.63. The standard InChI is InChI=1S/C15H17ClN2O2S/c1-11(13-4-6-14(16)7-5-13)18-10-12-2-8-15(9-3-12)21(17,19)20/h2-9,11,18H,10H2,1H3,(H2,17,19,20). The summed E-state index contributed by atoms with van der Waals surface area (Å²) in [5.74, 6) is 0. The predicted octanol–water partition coefficient (Wildman–Crippen LogP) is 2.84. The third kappa shape index (κ3) is 4.54. The third-order valence-corrected chi connectivity index (χ3v) is 4.42. The predicted molar refractivity (Wildman–Crippen MR) is 84.5 cm³/mol. The van der Waals surface area contributed by atoms with Gasteiger partial charge in [0.25, 0.3) is 0 Å². The van der Waals surface area contributed by atoms with E-state index < -0.39 is 10.0 Å². The summed E-state index contributed by atoms with van der Waals surface area (Å²) in [6.07, 6.45) is 0. The molecule has 2 aromatic carbocycles. The van der Waals surface area contributed by atoms with Gasteiger partial charge in [-0.25, -0.2) is 13.6 Å². The second-order valence-corrected chi connectivity index (χ2v) is 6.84. The van der Waals surface area contributed by atoms with E-state index in [1.165, 1.54) is 12.1 Å². The maximum atomic E-state index is 11.2. The smallest absolute Gasteiger partial charge is 0.238 e. The van der Waals surface area contributed by atoms with Gasteiger partial charge in [0.05, 0.1) is 4.90 Å². The zero-order valence-corrected chi connectivity index (χ0v) is 13.2. The van der Waals surface area contributed by atoms with Crippen molar-refractivity contribution in [2.75, 3.05) is 0 Å². The molecule has 4 nitrogen and oxygen atoms in total. The summed E-state index contributed by atoms with van der Waals surface area (Å²) in [4.78, 5) is 0.122. The van der Waals surface area contributed by atoms with Crippen LogP contribution in [0.5, 0.6) is 0 Å². The number of benzene rings is 2. The summed E-state index contributed by atoms with van der Waals surface area (Å²) in [6, 6.07) is 14.4. The van der Waals surface area contributed by atoms with Gasteiger partial charge in [-0.3, -0.25) is 0 Å². The molecule has 0 heterocycles. The van der Waals surface area contributed by atoms with E-state index in [0.29, 0.717) is 11.6 Å². The average molecular weight is 325 g/mol. The van der Waals surface area contributed by atoms with Gasteiger partial charge in [0.1, 0.15) is 0 Å². The minimum atomic E-state index is -3.63. The van der Waals surface area contributed by atoms with Crippen molar-refractivity contribution in [3.8, 4) is 0 Å². The van der Waals surface area contributed by atoms with Gasteiger partial charge in [0, 0.05) is 17.6 Å². The molecule has 3 N–H and O–H groups in total. The van der Waals surface area contributed by atoms with Crippen molar-refractivity contribution < 1.29 is 8.42 Å². The van der Waals surface area contributed by atoms with Crippen molar-refractivity contribution in [2.24, 2.45) is 5.14 Å². The molecule has 2 aromatic rings. The van der Waals surface area contributed by atoms with Gasteiger partial charge in [-0.2, -0.15) is 0 Å². The van der Waals surface area contributed by atoms with Gasteiger partial charge < -0.3 is 5.32 Å². The molecule has 0 spiro atoms. The van der Waals surface area contributed by atoms with Gasteiger partial charge in [-0.15, -0.1) is 0 Å². The molecule has 21 heavy (non-hydrogen) atoms. The fraction of sp³-hybridized carbons (Fsp3) is 0.200. The van der Waals surface area contributed by atoms with E-state index in [2.05, 4.69) is 12.2 Å². The molecule has 0 radical (unpaired) electrons. The first kappa shape index (κ1) is 16.0. The molecule has 0 bridgehead atoms. The fourth-order valence-corrected chi connectivity index (χ4v) is 2.58. The Morgan fingerprint density at radius 3 is 2.19 bits per heavy atom. The van der Waals surface area contributed by atoms with Gasteiger partial charge in [0.15, 0.2) is 0 Å². The highest BCUT2D eigenvalue weighted by atomic mass is 35.5. The number of sulfonamides is 1. The molecule has 6 heteroatoms. The molecule has 2 rings (SSSR count). The summed E-state index contributed by atoms with van der Waals surface area (Å²) >= 11 is 5.86. The number of primary sulfonamides is 1. The molecule has 0 saturated carbocycles. The lowest BCUT2D eigenvalue weighted by Crippen LogP contribution is -2.18. The molecule has 1 unspecified atom stereocenters. The molecule has 0 fully saturated rings. The topological polar surface area (TPSA) is 72.2 Å². The van der Waals surface area contributed by atoms with Crippen molar-refractivity contribution in [1.29, 1.82) is 0 Å². The molecular formula is C15H17ClN2O2S. The van der Waals surface area contributed by atoms with E-state index in [1.54, 1.807) is 12.1 Å². The summed E-state index contributed by atoms with van der Waals surface area (Å²) < 4.78 is 22.3. The first-order valence-electron chi connectivity index (χ1n) is 6.47. The third-order valence-electron chi connectivity index (χ3n) is 3.23. The van der Waals surface area contributed by atoms with E-state index in [1.807, 2.05) is 24.3 Å². The summed E-state index contributed by atoms with van der Waals surface area (Å²) in [5, 5.41) is 9.14. The van der Waals surface area contributed by atoms with Crippen LogP contribution in [-0.4, -0.2) is 8.42 Å². The Kier molecular flexibility index (Phi) is 5.00. The van der Waals surface area contributed by atoms with Crippen LogP contribution in [-0.2, 0) is 16.6 Å². The maximum Gasteiger partial charge on any atom is 0.238 e. The van der Waals surface area contributed by atoms with Crippen molar-refractivity contribution in [1.82, 2.24) is 5.32 Å². The second kappa shape index (κ2) is 6.58. The van der Waals surface area contributed by atoms with Crippen molar-refractivity contribution >= 4 is 21.6 Å². The first-order valence-corrected chi connectivity index (χ1v) is 8.39. The molecule has 1 atom stereocenters. The molecular weight excluding hydrogens is 308 g/mol. The van der Waals surface area contributed by atoms with Crippen LogP contribution in [0.3, 0.4) is 0 Å². The van der Waals surface area contributed by atoms with Gasteiger partial charge in [-0.1, -0.05) is 35.9 Å². The minimum absolute atomic E-state index is 0.122. The quantitative estimate of drug-likeness (QED) is 0.888. The fourth-order valence-electron chi connectivity index (χ4n) is 1.94. The molecule has 0 aromatic heterocycles. The van der Waals surface area contributed by atoms with Gasteiger partial charge >= 0.3 is 0 Å². The van der Waals surface area contributed by atoms with E-state index >= 15 is 0 Å². The Morgan fingerprint density at radius 2 is 1.67 bits per heavy atom. The Hall–Kier alpha value is -1.40. The number of hydrogen-bond donors (Lipinski definition) is 2. The Balaban J connectivity index is 1.98. The van der Waals surface area contributed by atoms with Crippen LogP contribution < -0.4 is 10.5 Å². The van der Waals surface area contributed by atoms with Crippen molar-refractivity contribution in [3.63, 3.8) is 0 Å². The van der Waals surface area contributed by atoms with Crippen LogP contribution in [0.15, 0.2) is 53.4 Å². The van der Waals surface area contributed by atoms with Crippen LogP contribution in [0, 0.1) is 0 Å². The first-order chi connectivity index (χ1) is 9.86. The number of nitrogens with two attached hydrogens (primary N) is 1. The SMILES string of the molecule is CC(NCc1ccc(S(N)(=O)=O)cc1)c1ccc(Cl)cc1. The Morgan fingerprint density at radius 1 is 1.10 bits per heavy atom. The normalized spacial score (nSPS) is 13.1. The van der Waals surface area contributed by atoms with E-state index in [4.69, 9.17) is 16.7 Å². The number of hydrogen-bond acceptors (Lipinski definition) is 3. The lowest BCUT2D eigenvalue weighted by molar-refractivity contribution is 0.574. The average Bonchev–Trinajstić information content (AvgIpc) is 2.45. The molecule has 0 saturated heterocycles. The van der Waals surface area contributed by atoms with Crippen LogP contribution in [0.2, 0.25) is 5.02 Å². The zero-order chi connectivity index (χ0) is 15.5. The van der Waals surface area contributed by atoms with E-state index in [0.717, 1.165) is 11.1 Å². The lowest BCUT2D eigenvalue weighted by Gasteiger charge is -2.14. The maximum absolute atomic E-state index is 11.2. The number of halogens is 1. The summed E-state index contributed by atoms with van der Waals surface area (Å²) in [5.41, 5.74) is 2.13. The Labute approximate surface area is 130 Å². The minimum Gasteiger partial charge on any atom is -0.306 e. The highest BCUT2D eigenvalue weighted by molar-refractivity contribution is 7.89. The van der Waals surface area contributed by atoms with Gasteiger partial charge in [-0.05, 0) is 42.3 Å². The van der Waals surface area contributed by atoms with E-state index in [-0.39, 0.29) is 10.9 Å². The van der Waals surface area contributed by atoms with Crippen LogP contribution >= 0.6 is 11.6 Å². The molecule has 0 amide bonds. The highest BCUT2D eigenvalue weighted by Gasteiger charge is 2.08. The summed E-state index contributed by atoms with van der Waals surface area (Å²) in [6.45, 7) is 2.69. The molecule has 112 valence electrons. The lowest BCUT2D eigenvalue weighted by atomic mass is 10.1. The number of nitrogens with one attached hydrogen (secondary N) is 1. The zero-order valence-electron chi connectivity index (χ0n) is 11.6. The Bertz CT molecular complexity index is 697. The van der Waals surface area contributed by atoms with E-state index in [9.17, 15) is 8.42 Å². The largest absolute Gasteiger partial charge is 0.306 e. The second-order valence-electron chi connectivity index (χ2n) is 4.84. The molecule has 0 aliphatic rings. The van der Waals surface area contributed by atoms with Crippen LogP contribution in [0.25, 0.3) is 0 Å². The molecule has 0 aliphatic carbocycles. The van der Waals surface area contributed by atoms with Crippen molar-refractivity contribution in [2.45, 2.75) is 24.4 Å². The van der Waals surface area contributed by atoms with Crippen LogP contribution in [0.1, 0.15) is 24.1 Å². The van der Waals surface area contributed by atoms with Crippen molar-refractivity contribution in [3.05, 3.63) is 64.7 Å². The molecule has 0 aliphatic heterocycles. The highest BCUT2D eigenvalue weighted by Crippen LogP contribution is 2.17. The number of rotatable bonds is 5. The van der Waals surface area contributed by atoms with Crippen LogP contribution in [0.4, 0.5) is 0 Å². The monoisotopic (exact) mass is 324 g/mol. The van der Waals surface area contributed by atoms with Gasteiger partial charge in [0.2, 0.25) is 10.0 Å².